The van der Waals surface area contributed by atoms with E-state index in [0.29, 0.717) is 29.6 Å². The topological polar surface area (TPSA) is 0 Å². The highest BCUT2D eigenvalue weighted by Gasteiger charge is 2.42. The van der Waals surface area contributed by atoms with Gasteiger partial charge in [0.1, 0.15) is 0 Å². The van der Waals surface area contributed by atoms with E-state index in [-0.39, 0.29) is 0 Å². The summed E-state index contributed by atoms with van der Waals surface area (Å²) in [6.07, 6.45) is 43.3. The number of thioether (sulfide) groups is 1. The zero-order valence-corrected chi connectivity index (χ0v) is 32.9. The second-order valence-corrected chi connectivity index (χ2v) is 18.9. The molecule has 0 N–H and O–H groups in total. The Labute approximate surface area is 327 Å². The Kier molecular flexibility index (Phi) is 8.53. The van der Waals surface area contributed by atoms with E-state index >= 15 is 0 Å². The first-order valence-electron chi connectivity index (χ1n) is 21.7. The van der Waals surface area contributed by atoms with Crippen LogP contribution in [0.25, 0.3) is 28.0 Å². The van der Waals surface area contributed by atoms with Crippen LogP contribution in [0.3, 0.4) is 0 Å². The van der Waals surface area contributed by atoms with Gasteiger partial charge in [-0.1, -0.05) is 166 Å². The smallest absolute Gasteiger partial charge is 0.0233 e. The molecule has 272 valence electrons. The van der Waals surface area contributed by atoms with Gasteiger partial charge in [0.2, 0.25) is 0 Å². The van der Waals surface area contributed by atoms with Crippen molar-refractivity contribution in [2.75, 3.05) is 0 Å². The van der Waals surface area contributed by atoms with Crippen molar-refractivity contribution in [1.29, 1.82) is 0 Å². The van der Waals surface area contributed by atoms with E-state index < -0.39 is 0 Å². The van der Waals surface area contributed by atoms with Crippen molar-refractivity contribution in [3.05, 3.63) is 152 Å². The molecular weight excluding hydrogens is 669 g/mol. The molecule has 1 heterocycles. The van der Waals surface area contributed by atoms with Crippen molar-refractivity contribution < 1.29 is 0 Å². The van der Waals surface area contributed by atoms with Crippen LogP contribution in [0.15, 0.2) is 124 Å². The second-order valence-electron chi connectivity index (χ2n) is 17.8. The number of hydrogen-bond donors (Lipinski definition) is 0. The van der Waals surface area contributed by atoms with Crippen LogP contribution < -0.4 is 0 Å². The maximum atomic E-state index is 2.57. The summed E-state index contributed by atoms with van der Waals surface area (Å²) >= 11 is 2.09. The van der Waals surface area contributed by atoms with Gasteiger partial charge in [-0.25, -0.2) is 0 Å². The summed E-state index contributed by atoms with van der Waals surface area (Å²) in [7, 11) is 0. The molecule has 0 radical (unpaired) electrons. The number of fused-ring (bicyclic) bond motifs is 7. The van der Waals surface area contributed by atoms with Gasteiger partial charge in [-0.3, -0.25) is 0 Å². The van der Waals surface area contributed by atoms with Gasteiger partial charge in [0.05, 0.1) is 0 Å². The van der Waals surface area contributed by atoms with Crippen LogP contribution in [0.2, 0.25) is 0 Å². The predicted octanol–water partition coefficient (Wildman–Crippen LogP) is 15.0. The predicted molar refractivity (Wildman–Crippen MR) is 232 cm³/mol. The first-order chi connectivity index (χ1) is 26.7. The van der Waals surface area contributed by atoms with Crippen LogP contribution in [-0.4, -0.2) is 0 Å². The zero-order chi connectivity index (χ0) is 35.8. The largest absolute Gasteiger partial charge is 0.0929 e. The third-order valence-corrected chi connectivity index (χ3v) is 16.0. The molecule has 2 fully saturated rings. The summed E-state index contributed by atoms with van der Waals surface area (Å²) in [5.41, 5.74) is 17.7. The van der Waals surface area contributed by atoms with E-state index in [1.807, 2.05) is 0 Å². The molecule has 4 unspecified atom stereocenters. The summed E-state index contributed by atoms with van der Waals surface area (Å²) in [6.45, 7) is 2.43. The van der Waals surface area contributed by atoms with Crippen molar-refractivity contribution >= 4 is 39.8 Å². The highest BCUT2D eigenvalue weighted by Crippen LogP contribution is 2.60. The molecule has 3 aromatic rings. The molecule has 4 atom stereocenters. The van der Waals surface area contributed by atoms with Crippen LogP contribution in [0.4, 0.5) is 0 Å². The number of rotatable bonds is 4. The van der Waals surface area contributed by atoms with Gasteiger partial charge in [0.15, 0.2) is 0 Å². The van der Waals surface area contributed by atoms with E-state index in [2.05, 4.69) is 122 Å². The van der Waals surface area contributed by atoms with Gasteiger partial charge in [0.25, 0.3) is 0 Å². The average Bonchev–Trinajstić information content (AvgIpc) is 3.61. The van der Waals surface area contributed by atoms with E-state index in [0.717, 1.165) is 18.8 Å². The van der Waals surface area contributed by atoms with Gasteiger partial charge in [-0.05, 0) is 140 Å². The highest BCUT2D eigenvalue weighted by molar-refractivity contribution is 8.03. The summed E-state index contributed by atoms with van der Waals surface area (Å²) in [5.74, 6) is 3.35. The molecule has 54 heavy (non-hydrogen) atoms. The lowest BCUT2D eigenvalue weighted by atomic mass is 9.61. The lowest BCUT2D eigenvalue weighted by Gasteiger charge is -2.43. The van der Waals surface area contributed by atoms with Crippen LogP contribution in [-0.2, 0) is 6.42 Å². The molecular formula is C53H54S. The van der Waals surface area contributed by atoms with Gasteiger partial charge in [-0.15, -0.1) is 0 Å². The lowest BCUT2D eigenvalue weighted by molar-refractivity contribution is 0.370. The minimum atomic E-state index is 0.425. The van der Waals surface area contributed by atoms with Gasteiger partial charge < -0.3 is 0 Å². The third-order valence-electron chi connectivity index (χ3n) is 14.7. The van der Waals surface area contributed by atoms with Gasteiger partial charge in [0, 0.05) is 22.6 Å². The summed E-state index contributed by atoms with van der Waals surface area (Å²) in [4.78, 5) is 3.08. The fraction of sp³-hybridized carbons (Fsp3) is 0.396. The van der Waals surface area contributed by atoms with E-state index in [1.165, 1.54) is 115 Å². The Hall–Kier alpha value is -3.81. The van der Waals surface area contributed by atoms with E-state index in [1.54, 1.807) is 43.9 Å². The molecule has 0 nitrogen and oxygen atoms in total. The number of allylic oxidation sites excluding steroid dienone is 15. The average molecular weight is 723 g/mol. The SMILES string of the molecule is CC1C=CC2=C(C3CCCCC3)C3C=CC=CC3C(c3cccc4c3SC3=CC=C(c5c6c(c(C7CCCCC7)c7ccccc57)CCC=C6)CC34)=C2C1. The standard InChI is InChI=1S/C53H54S/c1-33-27-29-43-47(31-33)52(42-24-13-12-23-41(42)50(43)35-17-6-3-7-18-35)45-26-14-25-44-46-32-36(28-30-48(46)54-53(44)45)51-39-21-10-8-19-37(39)49(34-15-4-2-5-16-34)38-20-9-11-22-40(38)51/h8,10-14,19,21-30,33-35,41-42,46H,2-7,9,15-18,20,31-32H2,1H3. The lowest BCUT2D eigenvalue weighted by Crippen LogP contribution is -2.30. The fourth-order valence-electron chi connectivity index (χ4n) is 12.3. The van der Waals surface area contributed by atoms with Crippen LogP contribution in [0.5, 0.6) is 0 Å². The Morgan fingerprint density at radius 2 is 1.48 bits per heavy atom. The van der Waals surface area contributed by atoms with E-state index in [4.69, 9.17) is 0 Å². The highest BCUT2D eigenvalue weighted by atomic mass is 32.2. The molecule has 0 aromatic heterocycles. The molecule has 1 heteroatoms. The summed E-state index contributed by atoms with van der Waals surface area (Å²) < 4.78 is 0. The van der Waals surface area contributed by atoms with Crippen LogP contribution in [0.1, 0.15) is 136 Å². The number of hydrogen-bond acceptors (Lipinski definition) is 1. The molecule has 2 saturated carbocycles. The Bertz CT molecular complexity index is 2300. The molecule has 8 aliphatic rings. The van der Waals surface area contributed by atoms with Gasteiger partial charge in [-0.2, -0.15) is 0 Å². The third kappa shape index (κ3) is 5.38. The first-order valence-corrected chi connectivity index (χ1v) is 22.5. The van der Waals surface area contributed by atoms with Crippen LogP contribution in [0, 0.1) is 23.7 Å². The molecule has 7 aliphatic carbocycles. The Balaban J connectivity index is 1.02. The zero-order valence-electron chi connectivity index (χ0n) is 32.1. The minimum absolute atomic E-state index is 0.425. The maximum absolute atomic E-state index is 2.57. The second kappa shape index (κ2) is 13.7. The van der Waals surface area contributed by atoms with Crippen molar-refractivity contribution in [2.45, 2.75) is 114 Å². The Morgan fingerprint density at radius 1 is 0.704 bits per heavy atom. The normalized spacial score (nSPS) is 27.7. The Morgan fingerprint density at radius 3 is 2.31 bits per heavy atom. The fourth-order valence-corrected chi connectivity index (χ4v) is 13.7. The molecule has 0 bridgehead atoms. The summed E-state index contributed by atoms with van der Waals surface area (Å²) in [5, 5.41) is 3.02. The molecule has 1 aliphatic heterocycles. The van der Waals surface area contributed by atoms with Crippen molar-refractivity contribution in [2.24, 2.45) is 23.7 Å². The van der Waals surface area contributed by atoms with Crippen molar-refractivity contribution in [3.63, 3.8) is 0 Å². The molecule has 0 spiro atoms. The minimum Gasteiger partial charge on any atom is -0.0929 e. The first kappa shape index (κ1) is 33.5. The van der Waals surface area contributed by atoms with E-state index in [9.17, 15) is 0 Å². The molecule has 0 saturated heterocycles. The quantitative estimate of drug-likeness (QED) is 0.258. The summed E-state index contributed by atoms with van der Waals surface area (Å²) in [6, 6.07) is 16.9. The molecule has 0 amide bonds. The molecule has 3 aromatic carbocycles. The van der Waals surface area contributed by atoms with Crippen molar-refractivity contribution in [1.82, 2.24) is 0 Å². The number of benzene rings is 3. The monoisotopic (exact) mass is 722 g/mol. The molecule has 11 rings (SSSR count). The maximum Gasteiger partial charge on any atom is 0.0233 e. The van der Waals surface area contributed by atoms with Gasteiger partial charge >= 0.3 is 0 Å². The van der Waals surface area contributed by atoms with Crippen LogP contribution >= 0.6 is 11.8 Å². The van der Waals surface area contributed by atoms with Crippen molar-refractivity contribution in [3.8, 4) is 0 Å².